The van der Waals surface area contributed by atoms with Crippen LogP contribution in [0.25, 0.3) is 0 Å². The maximum absolute atomic E-state index is 12.6. The maximum atomic E-state index is 12.6. The molecule has 2 aromatic carbocycles. The second-order valence-electron chi connectivity index (χ2n) is 12.8. The van der Waals surface area contributed by atoms with Gasteiger partial charge in [0.25, 0.3) is 5.91 Å². The van der Waals surface area contributed by atoms with Crippen LogP contribution >= 0.6 is 0 Å². The van der Waals surface area contributed by atoms with E-state index in [1.54, 1.807) is 38.0 Å². The monoisotopic (exact) mass is 641 g/mol. The van der Waals surface area contributed by atoms with Crippen molar-refractivity contribution >= 4 is 18.2 Å². The van der Waals surface area contributed by atoms with Crippen LogP contribution in [0.15, 0.2) is 42.5 Å². The minimum absolute atomic E-state index is 0.0115. The SMILES string of the molecule is CC(=O)N(C)C.CC1C2CC(C#N)N(C=O)C12.CCNCCC1(c2nn[nH]n2)c2ccccc2CCc2cc(C(=O)N(C)C)ccc21. The lowest BCUT2D eigenvalue weighted by Gasteiger charge is -2.34. The molecule has 0 spiro atoms. The molecule has 6 rings (SSSR count). The molecule has 2 heterocycles. The van der Waals surface area contributed by atoms with Crippen molar-refractivity contribution in [2.24, 2.45) is 11.8 Å². The summed E-state index contributed by atoms with van der Waals surface area (Å²) in [7, 11) is 7.01. The predicted octanol–water partition coefficient (Wildman–Crippen LogP) is 2.80. The summed E-state index contributed by atoms with van der Waals surface area (Å²) >= 11 is 0. The van der Waals surface area contributed by atoms with E-state index in [2.05, 4.69) is 76.2 Å². The van der Waals surface area contributed by atoms with Crippen molar-refractivity contribution in [1.82, 2.24) is 40.6 Å². The number of H-pyrrole nitrogens is 1. The Morgan fingerprint density at radius 1 is 1.11 bits per heavy atom. The first kappa shape index (κ1) is 35.2. The Labute approximate surface area is 277 Å². The van der Waals surface area contributed by atoms with Crippen LogP contribution in [0.5, 0.6) is 0 Å². The van der Waals surface area contributed by atoms with Crippen molar-refractivity contribution < 1.29 is 14.4 Å². The number of hydrogen-bond donors (Lipinski definition) is 2. The first-order chi connectivity index (χ1) is 22.5. The largest absolute Gasteiger partial charge is 0.349 e. The number of nitrogens with one attached hydrogen (secondary N) is 2. The number of carbonyl (C=O) groups excluding carboxylic acids is 3. The van der Waals surface area contributed by atoms with E-state index in [0.29, 0.717) is 29.3 Å². The zero-order chi connectivity index (χ0) is 34.3. The number of aryl methyl sites for hydroxylation is 2. The van der Waals surface area contributed by atoms with E-state index in [1.807, 2.05) is 12.1 Å². The Hall–Kier alpha value is -4.63. The van der Waals surface area contributed by atoms with Gasteiger partial charge in [-0.2, -0.15) is 10.5 Å². The summed E-state index contributed by atoms with van der Waals surface area (Å²) in [6.45, 7) is 7.48. The average molecular weight is 642 g/mol. The van der Waals surface area contributed by atoms with Crippen LogP contribution in [-0.4, -0.2) is 107 Å². The van der Waals surface area contributed by atoms with Gasteiger partial charge in [-0.05, 0) is 85.0 Å². The van der Waals surface area contributed by atoms with Gasteiger partial charge in [-0.15, -0.1) is 10.2 Å². The van der Waals surface area contributed by atoms with Gasteiger partial charge in [0.05, 0.1) is 11.5 Å². The van der Waals surface area contributed by atoms with Crippen molar-refractivity contribution in [3.05, 3.63) is 76.1 Å². The highest BCUT2D eigenvalue weighted by molar-refractivity contribution is 5.94. The number of rotatable bonds is 7. The molecular weight excluding hydrogens is 594 g/mol. The predicted molar refractivity (Wildman–Crippen MR) is 178 cm³/mol. The summed E-state index contributed by atoms with van der Waals surface area (Å²) < 4.78 is 0. The molecule has 12 nitrogen and oxygen atoms in total. The molecular formula is C35H47N9O3. The summed E-state index contributed by atoms with van der Waals surface area (Å²) in [5, 5.41) is 27.6. The Balaban J connectivity index is 0.000000240. The average Bonchev–Trinajstić information content (AvgIpc) is 3.40. The van der Waals surface area contributed by atoms with Crippen molar-refractivity contribution in [2.75, 3.05) is 41.3 Å². The maximum Gasteiger partial charge on any atom is 0.253 e. The number of piperidine rings is 1. The number of aromatic amines is 1. The van der Waals surface area contributed by atoms with Gasteiger partial charge in [0.2, 0.25) is 12.3 Å². The van der Waals surface area contributed by atoms with Crippen LogP contribution in [-0.2, 0) is 27.8 Å². The Morgan fingerprint density at radius 2 is 1.79 bits per heavy atom. The van der Waals surface area contributed by atoms with E-state index < -0.39 is 5.41 Å². The summed E-state index contributed by atoms with van der Waals surface area (Å²) in [5.74, 6) is 2.02. The number of nitriles is 1. The normalized spacial score (nSPS) is 23.1. The number of benzene rings is 2. The van der Waals surface area contributed by atoms with Crippen molar-refractivity contribution in [2.45, 2.75) is 64.0 Å². The number of hydrogen-bond acceptors (Lipinski definition) is 8. The molecule has 3 aliphatic rings. The topological polar surface area (TPSA) is 151 Å². The molecule has 250 valence electrons. The lowest BCUT2D eigenvalue weighted by Crippen LogP contribution is -2.36. The molecule has 1 aliphatic heterocycles. The van der Waals surface area contributed by atoms with Crippen molar-refractivity contribution in [3.63, 3.8) is 0 Å². The van der Waals surface area contributed by atoms with Crippen molar-refractivity contribution in [3.8, 4) is 6.07 Å². The molecule has 47 heavy (non-hydrogen) atoms. The molecule has 12 heteroatoms. The molecule has 0 bridgehead atoms. The number of aromatic nitrogens is 4. The Kier molecular flexibility index (Phi) is 11.5. The fourth-order valence-corrected chi connectivity index (χ4v) is 6.81. The molecule has 3 aromatic rings. The van der Waals surface area contributed by atoms with Gasteiger partial charge < -0.3 is 20.0 Å². The van der Waals surface area contributed by atoms with Gasteiger partial charge in [0, 0.05) is 46.7 Å². The number of fused-ring (bicyclic) bond motifs is 3. The quantitative estimate of drug-likeness (QED) is 0.295. The molecule has 1 saturated carbocycles. The summed E-state index contributed by atoms with van der Waals surface area (Å²) in [5.41, 5.74) is 5.00. The number of nitrogens with zero attached hydrogens (tertiary/aromatic N) is 7. The first-order valence-corrected chi connectivity index (χ1v) is 16.2. The second kappa shape index (κ2) is 15.3. The fraction of sp³-hybridized carbons (Fsp3) is 0.514. The van der Waals surface area contributed by atoms with Gasteiger partial charge in [0.1, 0.15) is 6.04 Å². The van der Waals surface area contributed by atoms with E-state index in [0.717, 1.165) is 50.7 Å². The molecule has 2 fully saturated rings. The zero-order valence-electron chi connectivity index (χ0n) is 28.5. The van der Waals surface area contributed by atoms with Crippen LogP contribution in [0.1, 0.15) is 72.0 Å². The van der Waals surface area contributed by atoms with Crippen LogP contribution in [0, 0.1) is 23.2 Å². The van der Waals surface area contributed by atoms with Gasteiger partial charge in [0.15, 0.2) is 5.82 Å². The van der Waals surface area contributed by atoms with Gasteiger partial charge in [-0.1, -0.05) is 49.4 Å². The lowest BCUT2D eigenvalue weighted by atomic mass is 9.69. The summed E-state index contributed by atoms with van der Waals surface area (Å²) in [6, 6.07) is 17.0. The zero-order valence-corrected chi connectivity index (χ0v) is 28.5. The number of likely N-dealkylation sites (tertiary alicyclic amines) is 1. The molecule has 1 saturated heterocycles. The van der Waals surface area contributed by atoms with E-state index >= 15 is 0 Å². The first-order valence-electron chi connectivity index (χ1n) is 16.2. The summed E-state index contributed by atoms with van der Waals surface area (Å²) in [4.78, 5) is 38.0. The number of amides is 3. The lowest BCUT2D eigenvalue weighted by molar-refractivity contribution is -0.126. The van der Waals surface area contributed by atoms with Gasteiger partial charge >= 0.3 is 0 Å². The van der Waals surface area contributed by atoms with E-state index in [9.17, 15) is 14.4 Å². The molecule has 5 unspecified atom stereocenters. The van der Waals surface area contributed by atoms with E-state index in [-0.39, 0.29) is 17.9 Å². The van der Waals surface area contributed by atoms with Crippen LogP contribution in [0.2, 0.25) is 0 Å². The second-order valence-corrected chi connectivity index (χ2v) is 12.8. The van der Waals surface area contributed by atoms with E-state index in [4.69, 9.17) is 5.26 Å². The van der Waals surface area contributed by atoms with Crippen LogP contribution < -0.4 is 5.32 Å². The molecule has 2 aliphatic carbocycles. The third-order valence-electron chi connectivity index (χ3n) is 9.62. The third-order valence-corrected chi connectivity index (χ3v) is 9.62. The van der Waals surface area contributed by atoms with E-state index in [1.165, 1.54) is 28.5 Å². The molecule has 3 amide bonds. The molecule has 5 atom stereocenters. The van der Waals surface area contributed by atoms with Crippen molar-refractivity contribution in [1.29, 1.82) is 5.26 Å². The highest BCUT2D eigenvalue weighted by Crippen LogP contribution is 2.52. The molecule has 0 radical (unpaired) electrons. The molecule has 1 aromatic heterocycles. The summed E-state index contributed by atoms with van der Waals surface area (Å²) in [6.07, 6.45) is 4.28. The number of carbonyl (C=O) groups is 3. The number of tetrazole rings is 1. The highest BCUT2D eigenvalue weighted by atomic mass is 16.2. The van der Waals surface area contributed by atoms with Crippen LogP contribution in [0.3, 0.4) is 0 Å². The minimum atomic E-state index is -0.530. The standard InChI is InChI=1S/C23H28N6O.C8H10N2O.C4H9NO/c1-4-24-14-13-23(22-25-27-28-26-22)19-8-6-5-7-16(19)9-10-17-15-18(11-12-20(17)23)21(30)29(2)3;1-5-7-2-6(3-9)10(4-11)8(5)7;1-4(6)5(2)3/h5-8,11-12,15,24H,4,9-10,13-14H2,1-3H3,(H,25,26,27,28);4-8H,2H2,1H3;1-3H3. The smallest absolute Gasteiger partial charge is 0.253 e. The Morgan fingerprint density at radius 3 is 2.38 bits per heavy atom. The highest BCUT2D eigenvalue weighted by Gasteiger charge is 2.58. The molecule has 2 N–H and O–H groups in total. The Bertz CT molecular complexity index is 1580. The van der Waals surface area contributed by atoms with Crippen LogP contribution in [0.4, 0.5) is 0 Å². The fourth-order valence-electron chi connectivity index (χ4n) is 6.81. The van der Waals surface area contributed by atoms with Gasteiger partial charge in [-0.25, -0.2) is 0 Å². The third kappa shape index (κ3) is 7.36. The van der Waals surface area contributed by atoms with Gasteiger partial charge in [-0.3, -0.25) is 14.4 Å². The minimum Gasteiger partial charge on any atom is -0.349 e.